The zero-order valence-corrected chi connectivity index (χ0v) is 10.2. The van der Waals surface area contributed by atoms with Crippen molar-refractivity contribution < 1.29 is 19.1 Å². The maximum absolute atomic E-state index is 11.4. The molecule has 0 aliphatic heterocycles. The highest BCUT2D eigenvalue weighted by Gasteiger charge is 2.28. The van der Waals surface area contributed by atoms with Gasteiger partial charge >= 0.3 is 11.9 Å². The molecule has 0 saturated carbocycles. The van der Waals surface area contributed by atoms with E-state index in [0.29, 0.717) is 10.7 Å². The Hall–Kier alpha value is -1.75. The first-order valence-corrected chi connectivity index (χ1v) is 5.14. The highest BCUT2D eigenvalue weighted by Crippen LogP contribution is 2.14. The Bertz CT molecular complexity index is 388. The fraction of sp³-hybridized carbons (Fsp3) is 0.273. The van der Waals surface area contributed by atoms with E-state index in [9.17, 15) is 9.59 Å². The first-order chi connectivity index (χ1) is 8.08. The summed E-state index contributed by atoms with van der Waals surface area (Å²) in [5.41, 5.74) is 0.565. The van der Waals surface area contributed by atoms with Crippen molar-refractivity contribution in [3.8, 4) is 0 Å². The van der Waals surface area contributed by atoms with Gasteiger partial charge in [-0.3, -0.25) is 0 Å². The first-order valence-electron chi connectivity index (χ1n) is 4.76. The summed E-state index contributed by atoms with van der Waals surface area (Å²) in [5, 5.41) is 3.26. The molecule has 0 amide bonds. The molecule has 0 aromatic heterocycles. The lowest BCUT2D eigenvalue weighted by molar-refractivity contribution is -0.152. The fourth-order valence-corrected chi connectivity index (χ4v) is 1.29. The molecule has 1 aromatic carbocycles. The third-order valence-corrected chi connectivity index (χ3v) is 2.28. The number of carbonyl (C=O) groups is 2. The van der Waals surface area contributed by atoms with Gasteiger partial charge in [0.2, 0.25) is 6.04 Å². The Kier molecular flexibility index (Phi) is 4.78. The van der Waals surface area contributed by atoms with Crippen molar-refractivity contribution >= 4 is 29.2 Å². The van der Waals surface area contributed by atoms with Gasteiger partial charge in [-0.2, -0.15) is 0 Å². The van der Waals surface area contributed by atoms with Gasteiger partial charge in [0.15, 0.2) is 0 Å². The maximum atomic E-state index is 11.4. The molecule has 0 saturated heterocycles. The number of rotatable bonds is 4. The van der Waals surface area contributed by atoms with Gasteiger partial charge in [0.25, 0.3) is 0 Å². The average molecular weight is 258 g/mol. The number of methoxy groups -OCH3 is 2. The molecular weight excluding hydrogens is 246 g/mol. The maximum Gasteiger partial charge on any atom is 0.340 e. The van der Waals surface area contributed by atoms with Crippen molar-refractivity contribution in [1.29, 1.82) is 0 Å². The normalized spacial score (nSPS) is 9.88. The van der Waals surface area contributed by atoms with E-state index in [2.05, 4.69) is 14.8 Å². The number of esters is 2. The second-order valence-electron chi connectivity index (χ2n) is 3.13. The topological polar surface area (TPSA) is 64.6 Å². The fourth-order valence-electron chi connectivity index (χ4n) is 1.16. The number of hydrogen-bond acceptors (Lipinski definition) is 5. The summed E-state index contributed by atoms with van der Waals surface area (Å²) < 4.78 is 9.01. The van der Waals surface area contributed by atoms with Gasteiger partial charge in [0.1, 0.15) is 0 Å². The molecule has 0 unspecified atom stereocenters. The summed E-state index contributed by atoms with van der Waals surface area (Å²) in [7, 11) is 2.39. The molecule has 0 spiro atoms. The van der Waals surface area contributed by atoms with Crippen LogP contribution in [0.4, 0.5) is 5.69 Å². The predicted molar refractivity (Wildman–Crippen MR) is 62.9 cm³/mol. The van der Waals surface area contributed by atoms with Gasteiger partial charge in [0, 0.05) is 10.7 Å². The number of anilines is 1. The van der Waals surface area contributed by atoms with E-state index in [-0.39, 0.29) is 0 Å². The van der Waals surface area contributed by atoms with E-state index >= 15 is 0 Å². The third kappa shape index (κ3) is 3.64. The van der Waals surface area contributed by atoms with Crippen LogP contribution in [0, 0.1) is 0 Å². The first kappa shape index (κ1) is 13.3. The molecule has 0 bridgehead atoms. The molecule has 92 valence electrons. The van der Waals surface area contributed by atoms with Crippen LogP contribution in [0.25, 0.3) is 0 Å². The number of nitrogens with one attached hydrogen (secondary N) is 1. The molecule has 1 N–H and O–H groups in total. The largest absolute Gasteiger partial charge is 0.467 e. The van der Waals surface area contributed by atoms with E-state index in [0.717, 1.165) is 0 Å². The SMILES string of the molecule is COC(=O)C(Nc1ccc(Cl)cc1)C(=O)OC. The Morgan fingerprint density at radius 2 is 1.59 bits per heavy atom. The Labute approximate surface area is 104 Å². The molecule has 0 aliphatic rings. The van der Waals surface area contributed by atoms with Gasteiger partial charge in [-0.15, -0.1) is 0 Å². The highest BCUT2D eigenvalue weighted by molar-refractivity contribution is 6.30. The number of halogens is 1. The zero-order valence-electron chi connectivity index (χ0n) is 9.40. The standard InChI is InChI=1S/C11H12ClNO4/c1-16-10(14)9(11(15)17-2)13-8-5-3-7(12)4-6-8/h3-6,9,13H,1-2H3. The Morgan fingerprint density at radius 1 is 1.12 bits per heavy atom. The van der Waals surface area contributed by atoms with E-state index < -0.39 is 18.0 Å². The lowest BCUT2D eigenvalue weighted by Gasteiger charge is -2.15. The van der Waals surface area contributed by atoms with Gasteiger partial charge in [-0.25, -0.2) is 9.59 Å². The minimum atomic E-state index is -1.19. The van der Waals surface area contributed by atoms with Crippen LogP contribution in [0.5, 0.6) is 0 Å². The van der Waals surface area contributed by atoms with Crippen LogP contribution in [0.2, 0.25) is 5.02 Å². The average Bonchev–Trinajstić information content (AvgIpc) is 2.36. The van der Waals surface area contributed by atoms with Gasteiger partial charge in [-0.05, 0) is 24.3 Å². The molecule has 0 heterocycles. The monoisotopic (exact) mass is 257 g/mol. The van der Waals surface area contributed by atoms with Crippen LogP contribution >= 0.6 is 11.6 Å². The van der Waals surface area contributed by atoms with Gasteiger partial charge in [0.05, 0.1) is 14.2 Å². The molecular formula is C11H12ClNO4. The number of carbonyl (C=O) groups excluding carboxylic acids is 2. The van der Waals surface area contributed by atoms with E-state index in [1.807, 2.05) is 0 Å². The lowest BCUT2D eigenvalue weighted by Crippen LogP contribution is -2.39. The lowest BCUT2D eigenvalue weighted by atomic mass is 10.2. The molecule has 6 heteroatoms. The molecule has 0 radical (unpaired) electrons. The molecule has 0 aliphatic carbocycles. The zero-order chi connectivity index (χ0) is 12.8. The summed E-state index contributed by atoms with van der Waals surface area (Å²) in [5.74, 6) is -1.43. The molecule has 0 atom stereocenters. The smallest absolute Gasteiger partial charge is 0.340 e. The summed E-state index contributed by atoms with van der Waals surface area (Å²) >= 11 is 5.72. The number of hydrogen-bond donors (Lipinski definition) is 1. The summed E-state index contributed by atoms with van der Waals surface area (Å²) in [6, 6.07) is 5.36. The summed E-state index contributed by atoms with van der Waals surface area (Å²) in [6.07, 6.45) is 0. The van der Waals surface area contributed by atoms with Crippen molar-refractivity contribution in [2.45, 2.75) is 6.04 Å². The molecule has 1 rings (SSSR count). The minimum Gasteiger partial charge on any atom is -0.467 e. The second-order valence-corrected chi connectivity index (χ2v) is 3.57. The van der Waals surface area contributed by atoms with Gasteiger partial charge < -0.3 is 14.8 Å². The molecule has 0 fully saturated rings. The van der Waals surface area contributed by atoms with Crippen molar-refractivity contribution in [3.05, 3.63) is 29.3 Å². The third-order valence-electron chi connectivity index (χ3n) is 2.03. The predicted octanol–water partition coefficient (Wildman–Crippen LogP) is 1.47. The van der Waals surface area contributed by atoms with Crippen LogP contribution in [-0.2, 0) is 19.1 Å². The molecule has 1 aromatic rings. The summed E-state index contributed by atoms with van der Waals surface area (Å²) in [4.78, 5) is 22.7. The quantitative estimate of drug-likeness (QED) is 0.654. The minimum absolute atomic E-state index is 0.559. The van der Waals surface area contributed by atoms with Crippen LogP contribution in [-0.4, -0.2) is 32.2 Å². The number of ether oxygens (including phenoxy) is 2. The highest BCUT2D eigenvalue weighted by atomic mass is 35.5. The van der Waals surface area contributed by atoms with Crippen LogP contribution < -0.4 is 5.32 Å². The van der Waals surface area contributed by atoms with Gasteiger partial charge in [-0.1, -0.05) is 11.6 Å². The number of benzene rings is 1. The van der Waals surface area contributed by atoms with E-state index in [1.54, 1.807) is 24.3 Å². The van der Waals surface area contributed by atoms with Crippen LogP contribution in [0.1, 0.15) is 0 Å². The van der Waals surface area contributed by atoms with Crippen molar-refractivity contribution in [2.75, 3.05) is 19.5 Å². The van der Waals surface area contributed by atoms with Crippen molar-refractivity contribution in [3.63, 3.8) is 0 Å². The Balaban J connectivity index is 2.82. The Morgan fingerprint density at radius 3 is 2.00 bits per heavy atom. The van der Waals surface area contributed by atoms with Crippen molar-refractivity contribution in [2.24, 2.45) is 0 Å². The summed E-state index contributed by atoms with van der Waals surface area (Å²) in [6.45, 7) is 0. The molecule has 17 heavy (non-hydrogen) atoms. The van der Waals surface area contributed by atoms with E-state index in [4.69, 9.17) is 11.6 Å². The van der Waals surface area contributed by atoms with Crippen molar-refractivity contribution in [1.82, 2.24) is 0 Å². The van der Waals surface area contributed by atoms with Crippen LogP contribution in [0.15, 0.2) is 24.3 Å². The second kappa shape index (κ2) is 6.10. The van der Waals surface area contributed by atoms with Crippen LogP contribution in [0.3, 0.4) is 0 Å². The van der Waals surface area contributed by atoms with E-state index in [1.165, 1.54) is 14.2 Å². The molecule has 5 nitrogen and oxygen atoms in total.